The Hall–Kier alpha value is -0.0800. The van der Waals surface area contributed by atoms with Gasteiger partial charge in [0.2, 0.25) is 0 Å². The maximum absolute atomic E-state index is 10.6. The van der Waals surface area contributed by atoms with Gasteiger partial charge in [0.15, 0.2) is 0 Å². The van der Waals surface area contributed by atoms with Crippen molar-refractivity contribution in [2.75, 3.05) is 0 Å². The molecule has 0 aromatic rings. The molecule has 3 saturated carbocycles. The van der Waals surface area contributed by atoms with Gasteiger partial charge in [-0.15, -0.1) is 0 Å². The quantitative estimate of drug-likeness (QED) is 0.755. The van der Waals surface area contributed by atoms with E-state index in [1.54, 1.807) is 0 Å². The highest BCUT2D eigenvalue weighted by Crippen LogP contribution is 2.51. The molecule has 0 heterocycles. The lowest BCUT2D eigenvalue weighted by Gasteiger charge is -2.38. The molecule has 3 rings (SSSR count). The van der Waals surface area contributed by atoms with Gasteiger partial charge in [-0.1, -0.05) is 6.42 Å². The summed E-state index contributed by atoms with van der Waals surface area (Å²) in [6.07, 6.45) is 10.8. The number of hydrogen-bond acceptors (Lipinski definition) is 2. The monoisotopic (exact) mass is 223 g/mol. The van der Waals surface area contributed by atoms with E-state index in [0.717, 1.165) is 49.9 Å². The van der Waals surface area contributed by atoms with Crippen LogP contribution in [0.3, 0.4) is 0 Å². The van der Waals surface area contributed by atoms with E-state index in [1.807, 2.05) is 0 Å². The molecule has 16 heavy (non-hydrogen) atoms. The fourth-order valence-electron chi connectivity index (χ4n) is 4.50. The summed E-state index contributed by atoms with van der Waals surface area (Å²) < 4.78 is 0. The Balaban J connectivity index is 1.58. The second kappa shape index (κ2) is 3.99. The van der Waals surface area contributed by atoms with Crippen molar-refractivity contribution in [2.24, 2.45) is 23.5 Å². The lowest BCUT2D eigenvalue weighted by molar-refractivity contribution is -0.0276. The molecule has 3 unspecified atom stereocenters. The molecule has 3 atom stereocenters. The van der Waals surface area contributed by atoms with Crippen LogP contribution in [-0.4, -0.2) is 16.7 Å². The number of nitrogens with two attached hydrogens (primary N) is 1. The molecule has 92 valence electrons. The van der Waals surface area contributed by atoms with Crippen LogP contribution in [0.15, 0.2) is 0 Å². The van der Waals surface area contributed by atoms with Gasteiger partial charge >= 0.3 is 0 Å². The number of aliphatic hydroxyl groups is 1. The van der Waals surface area contributed by atoms with E-state index in [1.165, 1.54) is 25.7 Å². The molecule has 2 nitrogen and oxygen atoms in total. The third-order valence-corrected chi connectivity index (χ3v) is 5.49. The molecule has 0 amide bonds. The molecule has 3 N–H and O–H groups in total. The van der Waals surface area contributed by atoms with Crippen molar-refractivity contribution >= 4 is 0 Å². The third kappa shape index (κ3) is 2.02. The summed E-state index contributed by atoms with van der Waals surface area (Å²) in [5, 5.41) is 10.6. The van der Waals surface area contributed by atoms with Crippen molar-refractivity contribution < 1.29 is 5.11 Å². The van der Waals surface area contributed by atoms with Crippen LogP contribution in [0.5, 0.6) is 0 Å². The molecule has 0 aromatic carbocycles. The SMILES string of the molecule is NC1CCC(O)(CC2CC3CCC2C3)CC1. The fourth-order valence-corrected chi connectivity index (χ4v) is 4.50. The van der Waals surface area contributed by atoms with Crippen molar-refractivity contribution in [3.63, 3.8) is 0 Å². The first kappa shape index (κ1) is 11.0. The van der Waals surface area contributed by atoms with Crippen molar-refractivity contribution in [2.45, 2.75) is 69.4 Å². The molecule has 0 aliphatic heterocycles. The molecule has 2 heteroatoms. The zero-order valence-corrected chi connectivity index (χ0v) is 10.2. The molecule has 0 aromatic heterocycles. The van der Waals surface area contributed by atoms with Gasteiger partial charge in [0.1, 0.15) is 0 Å². The summed E-state index contributed by atoms with van der Waals surface area (Å²) in [6, 6.07) is 0.348. The van der Waals surface area contributed by atoms with E-state index >= 15 is 0 Å². The highest BCUT2D eigenvalue weighted by molar-refractivity contribution is 4.96. The predicted octanol–water partition coefficient (Wildman–Crippen LogP) is 2.45. The van der Waals surface area contributed by atoms with Gasteiger partial charge in [0, 0.05) is 6.04 Å². The zero-order chi connectivity index (χ0) is 11.2. The summed E-state index contributed by atoms with van der Waals surface area (Å²) in [7, 11) is 0. The van der Waals surface area contributed by atoms with Gasteiger partial charge < -0.3 is 10.8 Å². The van der Waals surface area contributed by atoms with E-state index in [2.05, 4.69) is 0 Å². The standard InChI is InChI=1S/C14H25NO/c15-13-3-5-14(16,6-4-13)9-12-8-10-1-2-11(12)7-10/h10-13,16H,1-9,15H2. The smallest absolute Gasteiger partial charge is 0.0651 e. The lowest BCUT2D eigenvalue weighted by Crippen LogP contribution is -2.40. The second-order valence-electron chi connectivity index (χ2n) is 6.70. The molecule has 3 aliphatic carbocycles. The van der Waals surface area contributed by atoms with Gasteiger partial charge in [-0.25, -0.2) is 0 Å². The van der Waals surface area contributed by atoms with E-state index in [-0.39, 0.29) is 5.60 Å². The third-order valence-electron chi connectivity index (χ3n) is 5.49. The van der Waals surface area contributed by atoms with Gasteiger partial charge in [0.25, 0.3) is 0 Å². The molecular formula is C14H25NO. The minimum absolute atomic E-state index is 0.348. The molecular weight excluding hydrogens is 198 g/mol. The summed E-state index contributed by atoms with van der Waals surface area (Å²) in [5.41, 5.74) is 5.56. The second-order valence-corrected chi connectivity index (χ2v) is 6.70. The normalized spacial score (nSPS) is 52.1. The number of rotatable bonds is 2. The minimum Gasteiger partial charge on any atom is -0.390 e. The summed E-state index contributed by atoms with van der Waals surface area (Å²) in [6.45, 7) is 0. The maximum atomic E-state index is 10.6. The molecule has 0 radical (unpaired) electrons. The molecule has 2 bridgehead atoms. The van der Waals surface area contributed by atoms with Crippen LogP contribution in [0.25, 0.3) is 0 Å². The van der Waals surface area contributed by atoms with E-state index in [4.69, 9.17) is 5.73 Å². The van der Waals surface area contributed by atoms with Crippen molar-refractivity contribution in [1.29, 1.82) is 0 Å². The summed E-state index contributed by atoms with van der Waals surface area (Å²) in [4.78, 5) is 0. The Morgan fingerprint density at radius 2 is 1.81 bits per heavy atom. The summed E-state index contributed by atoms with van der Waals surface area (Å²) >= 11 is 0. The first-order chi connectivity index (χ1) is 7.65. The van der Waals surface area contributed by atoms with Gasteiger partial charge in [-0.2, -0.15) is 0 Å². The summed E-state index contributed by atoms with van der Waals surface area (Å²) in [5.74, 6) is 2.78. The Morgan fingerprint density at radius 3 is 2.38 bits per heavy atom. The maximum Gasteiger partial charge on any atom is 0.0651 e. The van der Waals surface area contributed by atoms with Crippen LogP contribution in [0.1, 0.15) is 57.8 Å². The van der Waals surface area contributed by atoms with Gasteiger partial charge in [0.05, 0.1) is 5.60 Å². The zero-order valence-electron chi connectivity index (χ0n) is 10.2. The van der Waals surface area contributed by atoms with Crippen LogP contribution in [-0.2, 0) is 0 Å². The van der Waals surface area contributed by atoms with Crippen molar-refractivity contribution in [1.82, 2.24) is 0 Å². The average molecular weight is 223 g/mol. The van der Waals surface area contributed by atoms with Crippen LogP contribution < -0.4 is 5.73 Å². The Kier molecular flexibility index (Phi) is 2.75. The molecule has 0 spiro atoms. The molecule has 3 aliphatic rings. The largest absolute Gasteiger partial charge is 0.390 e. The first-order valence-electron chi connectivity index (χ1n) is 7.13. The average Bonchev–Trinajstić information content (AvgIpc) is 2.84. The van der Waals surface area contributed by atoms with E-state index in [0.29, 0.717) is 6.04 Å². The van der Waals surface area contributed by atoms with Crippen LogP contribution in [0.2, 0.25) is 0 Å². The van der Waals surface area contributed by atoms with Gasteiger partial charge in [-0.3, -0.25) is 0 Å². The van der Waals surface area contributed by atoms with Crippen LogP contribution in [0.4, 0.5) is 0 Å². The van der Waals surface area contributed by atoms with Crippen molar-refractivity contribution in [3.05, 3.63) is 0 Å². The minimum atomic E-state index is -0.356. The first-order valence-corrected chi connectivity index (χ1v) is 7.13. The molecule has 3 fully saturated rings. The van der Waals surface area contributed by atoms with Crippen LogP contribution in [0, 0.1) is 17.8 Å². The van der Waals surface area contributed by atoms with E-state index in [9.17, 15) is 5.11 Å². The van der Waals surface area contributed by atoms with Gasteiger partial charge in [-0.05, 0) is 69.1 Å². The van der Waals surface area contributed by atoms with Crippen molar-refractivity contribution in [3.8, 4) is 0 Å². The molecule has 0 saturated heterocycles. The Bertz CT molecular complexity index is 257. The Labute approximate surface area is 98.6 Å². The fraction of sp³-hybridized carbons (Fsp3) is 1.00. The predicted molar refractivity (Wildman–Crippen MR) is 64.9 cm³/mol. The Morgan fingerprint density at radius 1 is 1.06 bits per heavy atom. The highest BCUT2D eigenvalue weighted by atomic mass is 16.3. The number of hydrogen-bond donors (Lipinski definition) is 2. The lowest BCUT2D eigenvalue weighted by atomic mass is 9.73. The van der Waals surface area contributed by atoms with E-state index < -0.39 is 0 Å². The highest BCUT2D eigenvalue weighted by Gasteiger charge is 2.43. The van der Waals surface area contributed by atoms with Crippen LogP contribution >= 0.6 is 0 Å². The topological polar surface area (TPSA) is 46.2 Å². The number of fused-ring (bicyclic) bond motifs is 2.